The van der Waals surface area contributed by atoms with Gasteiger partial charge in [0.1, 0.15) is 5.75 Å². The zero-order chi connectivity index (χ0) is 16.1. The summed E-state index contributed by atoms with van der Waals surface area (Å²) in [6.45, 7) is 0.700. The second-order valence-corrected chi connectivity index (χ2v) is 6.00. The Labute approximate surface area is 138 Å². The lowest BCUT2D eigenvalue weighted by molar-refractivity contribution is 0.225. The number of hydrogen-bond donors (Lipinski definition) is 0. The SMILES string of the molecule is CN(C)C(CCOc1cccc2ccccc12)c1ccccc1. The minimum Gasteiger partial charge on any atom is -0.493 e. The minimum absolute atomic E-state index is 0.367. The summed E-state index contributed by atoms with van der Waals surface area (Å²) in [6.07, 6.45) is 0.959. The van der Waals surface area contributed by atoms with E-state index in [4.69, 9.17) is 4.74 Å². The largest absolute Gasteiger partial charge is 0.493 e. The quantitative estimate of drug-likeness (QED) is 0.641. The Morgan fingerprint density at radius 2 is 1.52 bits per heavy atom. The molecule has 0 aliphatic rings. The molecule has 3 aromatic carbocycles. The van der Waals surface area contributed by atoms with E-state index in [0.29, 0.717) is 12.6 Å². The molecular weight excluding hydrogens is 282 g/mol. The fourth-order valence-electron chi connectivity index (χ4n) is 3.00. The molecule has 2 heteroatoms. The van der Waals surface area contributed by atoms with Gasteiger partial charge in [-0.3, -0.25) is 0 Å². The van der Waals surface area contributed by atoms with Crippen molar-refractivity contribution in [3.8, 4) is 5.75 Å². The summed E-state index contributed by atoms with van der Waals surface area (Å²) in [4.78, 5) is 2.25. The summed E-state index contributed by atoms with van der Waals surface area (Å²) in [5.74, 6) is 0.966. The van der Waals surface area contributed by atoms with Crippen LogP contribution in [0.5, 0.6) is 5.75 Å². The van der Waals surface area contributed by atoms with Crippen LogP contribution in [0.1, 0.15) is 18.0 Å². The highest BCUT2D eigenvalue weighted by atomic mass is 16.5. The predicted octanol–water partition coefficient (Wildman–Crippen LogP) is 4.91. The average Bonchev–Trinajstić information content (AvgIpc) is 2.59. The van der Waals surface area contributed by atoms with Crippen LogP contribution in [0.15, 0.2) is 72.8 Å². The average molecular weight is 305 g/mol. The van der Waals surface area contributed by atoms with Crippen molar-refractivity contribution >= 4 is 10.8 Å². The zero-order valence-electron chi connectivity index (χ0n) is 13.8. The van der Waals surface area contributed by atoms with Gasteiger partial charge in [-0.25, -0.2) is 0 Å². The van der Waals surface area contributed by atoms with Gasteiger partial charge in [0.2, 0.25) is 0 Å². The Hall–Kier alpha value is -2.32. The highest BCUT2D eigenvalue weighted by Crippen LogP contribution is 2.27. The lowest BCUT2D eigenvalue weighted by atomic mass is 10.0. The molecule has 0 aromatic heterocycles. The van der Waals surface area contributed by atoms with E-state index in [1.54, 1.807) is 0 Å². The Balaban J connectivity index is 1.70. The van der Waals surface area contributed by atoms with Crippen LogP contribution in [0.3, 0.4) is 0 Å². The Morgan fingerprint density at radius 1 is 0.826 bits per heavy atom. The minimum atomic E-state index is 0.367. The number of nitrogens with zero attached hydrogens (tertiary/aromatic N) is 1. The second-order valence-electron chi connectivity index (χ2n) is 6.00. The van der Waals surface area contributed by atoms with Gasteiger partial charge in [0.25, 0.3) is 0 Å². The van der Waals surface area contributed by atoms with Crippen LogP contribution in [0.4, 0.5) is 0 Å². The molecule has 0 fully saturated rings. The molecule has 0 aliphatic carbocycles. The number of hydrogen-bond acceptors (Lipinski definition) is 2. The van der Waals surface area contributed by atoms with Gasteiger partial charge in [0, 0.05) is 17.8 Å². The van der Waals surface area contributed by atoms with E-state index in [1.165, 1.54) is 16.3 Å². The summed E-state index contributed by atoms with van der Waals surface area (Å²) in [5.41, 5.74) is 1.33. The first-order chi connectivity index (χ1) is 11.3. The molecule has 118 valence electrons. The Morgan fingerprint density at radius 3 is 2.30 bits per heavy atom. The van der Waals surface area contributed by atoms with Gasteiger partial charge < -0.3 is 9.64 Å². The van der Waals surface area contributed by atoms with Crippen molar-refractivity contribution in [3.63, 3.8) is 0 Å². The molecular formula is C21H23NO. The first kappa shape index (κ1) is 15.6. The highest BCUT2D eigenvalue weighted by Gasteiger charge is 2.14. The molecule has 23 heavy (non-hydrogen) atoms. The van der Waals surface area contributed by atoms with Crippen LogP contribution in [0, 0.1) is 0 Å². The Kier molecular flexibility index (Phi) is 4.94. The summed E-state index contributed by atoms with van der Waals surface area (Å²) >= 11 is 0. The van der Waals surface area contributed by atoms with E-state index < -0.39 is 0 Å². The van der Waals surface area contributed by atoms with Gasteiger partial charge in [-0.15, -0.1) is 0 Å². The first-order valence-corrected chi connectivity index (χ1v) is 8.07. The van der Waals surface area contributed by atoms with Gasteiger partial charge in [-0.05, 0) is 31.1 Å². The molecule has 0 amide bonds. The van der Waals surface area contributed by atoms with Crippen LogP contribution in [-0.2, 0) is 0 Å². The Bertz CT molecular complexity index is 747. The van der Waals surface area contributed by atoms with E-state index >= 15 is 0 Å². The lowest BCUT2D eigenvalue weighted by Gasteiger charge is -2.25. The van der Waals surface area contributed by atoms with E-state index in [-0.39, 0.29) is 0 Å². The van der Waals surface area contributed by atoms with Crippen molar-refractivity contribution in [1.29, 1.82) is 0 Å². The van der Waals surface area contributed by atoms with E-state index in [1.807, 2.05) is 0 Å². The fourth-order valence-corrected chi connectivity index (χ4v) is 3.00. The molecule has 0 heterocycles. The van der Waals surface area contributed by atoms with Crippen molar-refractivity contribution in [3.05, 3.63) is 78.4 Å². The normalized spacial score (nSPS) is 12.5. The van der Waals surface area contributed by atoms with Crippen LogP contribution in [0.2, 0.25) is 0 Å². The number of fused-ring (bicyclic) bond motifs is 1. The van der Waals surface area contributed by atoms with Gasteiger partial charge >= 0.3 is 0 Å². The maximum absolute atomic E-state index is 6.09. The molecule has 0 radical (unpaired) electrons. The summed E-state index contributed by atoms with van der Waals surface area (Å²) in [5, 5.41) is 2.40. The highest BCUT2D eigenvalue weighted by molar-refractivity contribution is 5.88. The summed E-state index contributed by atoms with van der Waals surface area (Å²) < 4.78 is 6.09. The number of ether oxygens (including phenoxy) is 1. The zero-order valence-corrected chi connectivity index (χ0v) is 13.8. The van der Waals surface area contributed by atoms with Crippen molar-refractivity contribution in [1.82, 2.24) is 4.90 Å². The van der Waals surface area contributed by atoms with Crippen LogP contribution in [0.25, 0.3) is 10.8 Å². The lowest BCUT2D eigenvalue weighted by Crippen LogP contribution is -2.22. The van der Waals surface area contributed by atoms with Crippen LogP contribution in [-0.4, -0.2) is 25.6 Å². The van der Waals surface area contributed by atoms with Crippen molar-refractivity contribution in [2.45, 2.75) is 12.5 Å². The molecule has 0 aliphatic heterocycles. The van der Waals surface area contributed by atoms with Crippen molar-refractivity contribution in [2.24, 2.45) is 0 Å². The van der Waals surface area contributed by atoms with Gasteiger partial charge in [0.05, 0.1) is 6.61 Å². The molecule has 0 saturated heterocycles. The van der Waals surface area contributed by atoms with E-state index in [9.17, 15) is 0 Å². The first-order valence-electron chi connectivity index (χ1n) is 8.07. The van der Waals surface area contributed by atoms with Crippen molar-refractivity contribution in [2.75, 3.05) is 20.7 Å². The summed E-state index contributed by atoms with van der Waals surface area (Å²) in [7, 11) is 4.24. The maximum atomic E-state index is 6.09. The van der Waals surface area contributed by atoms with Crippen LogP contribution < -0.4 is 4.74 Å². The fraction of sp³-hybridized carbons (Fsp3) is 0.238. The monoisotopic (exact) mass is 305 g/mol. The standard InChI is InChI=1S/C21H23NO/c1-22(2)20(18-10-4-3-5-11-18)15-16-23-21-14-8-12-17-9-6-7-13-19(17)21/h3-14,20H,15-16H2,1-2H3. The molecule has 2 nitrogen and oxygen atoms in total. The molecule has 0 saturated carbocycles. The number of benzene rings is 3. The number of rotatable bonds is 6. The predicted molar refractivity (Wildman–Crippen MR) is 96.9 cm³/mol. The smallest absolute Gasteiger partial charge is 0.127 e. The molecule has 1 atom stereocenters. The van der Waals surface area contributed by atoms with E-state index in [0.717, 1.165) is 12.2 Å². The topological polar surface area (TPSA) is 12.5 Å². The molecule has 0 bridgehead atoms. The maximum Gasteiger partial charge on any atom is 0.127 e. The second kappa shape index (κ2) is 7.30. The molecule has 0 spiro atoms. The van der Waals surface area contributed by atoms with Crippen molar-refractivity contribution < 1.29 is 4.74 Å². The summed E-state index contributed by atoms with van der Waals surface area (Å²) in [6, 6.07) is 25.6. The third kappa shape index (κ3) is 3.72. The van der Waals surface area contributed by atoms with Gasteiger partial charge in [-0.2, -0.15) is 0 Å². The van der Waals surface area contributed by atoms with Crippen LogP contribution >= 0.6 is 0 Å². The van der Waals surface area contributed by atoms with E-state index in [2.05, 4.69) is 91.8 Å². The van der Waals surface area contributed by atoms with Gasteiger partial charge in [0.15, 0.2) is 0 Å². The molecule has 3 rings (SSSR count). The molecule has 3 aromatic rings. The van der Waals surface area contributed by atoms with Gasteiger partial charge in [-0.1, -0.05) is 66.7 Å². The molecule has 0 N–H and O–H groups in total. The third-order valence-electron chi connectivity index (χ3n) is 4.21. The molecule has 1 unspecified atom stereocenters. The third-order valence-corrected chi connectivity index (χ3v) is 4.21.